The molecule has 1 heterocycles. The van der Waals surface area contributed by atoms with Gasteiger partial charge in [0.1, 0.15) is 11.6 Å². The smallest absolute Gasteiger partial charge is 0.329 e. The molecule has 1 unspecified atom stereocenters. The van der Waals surface area contributed by atoms with E-state index in [1.807, 2.05) is 0 Å². The van der Waals surface area contributed by atoms with Gasteiger partial charge in [-0.3, -0.25) is 4.79 Å². The molecule has 0 bridgehead atoms. The minimum Gasteiger partial charge on any atom is -0.479 e. The van der Waals surface area contributed by atoms with Crippen LogP contribution in [0.5, 0.6) is 0 Å². The Balaban J connectivity index is 2.12. The number of ether oxygens (including phenoxy) is 1. The van der Waals surface area contributed by atoms with E-state index in [0.717, 1.165) is 32.1 Å². The second-order valence-corrected chi connectivity index (χ2v) is 5.65. The summed E-state index contributed by atoms with van der Waals surface area (Å²) in [5.41, 5.74) is -1.02. The number of likely N-dealkylation sites (N-methyl/N-ethyl adjacent to an activating group) is 1. The van der Waals surface area contributed by atoms with Gasteiger partial charge >= 0.3 is 5.97 Å². The zero-order chi connectivity index (χ0) is 13.9. The molecule has 1 atom stereocenters. The Morgan fingerprint density at radius 2 is 1.84 bits per heavy atom. The first-order chi connectivity index (χ1) is 9.08. The maximum atomic E-state index is 12.4. The molecule has 1 amide bonds. The number of aliphatic carboxylic acids is 1. The highest BCUT2D eigenvalue weighted by atomic mass is 16.5. The number of rotatable bonds is 3. The third kappa shape index (κ3) is 2.76. The van der Waals surface area contributed by atoms with E-state index in [1.165, 1.54) is 4.90 Å². The van der Waals surface area contributed by atoms with E-state index < -0.39 is 17.6 Å². The van der Waals surface area contributed by atoms with Gasteiger partial charge < -0.3 is 14.7 Å². The Bertz CT molecular complexity index is 343. The highest BCUT2D eigenvalue weighted by molar-refractivity contribution is 5.89. The molecule has 0 radical (unpaired) electrons. The van der Waals surface area contributed by atoms with Crippen LogP contribution >= 0.6 is 0 Å². The summed E-state index contributed by atoms with van der Waals surface area (Å²) in [5, 5.41) is 9.57. The van der Waals surface area contributed by atoms with Crippen LogP contribution in [0.3, 0.4) is 0 Å². The van der Waals surface area contributed by atoms with Crippen LogP contribution in [0, 0.1) is 0 Å². The Kier molecular flexibility index (Phi) is 4.45. The van der Waals surface area contributed by atoms with Gasteiger partial charge in [0.15, 0.2) is 0 Å². The van der Waals surface area contributed by atoms with Crippen molar-refractivity contribution in [3.63, 3.8) is 0 Å². The molecule has 1 saturated heterocycles. The van der Waals surface area contributed by atoms with Gasteiger partial charge in [-0.05, 0) is 32.1 Å². The summed E-state index contributed by atoms with van der Waals surface area (Å²) in [6, 6.07) is 0. The summed E-state index contributed by atoms with van der Waals surface area (Å²) in [4.78, 5) is 25.6. The van der Waals surface area contributed by atoms with Crippen molar-refractivity contribution in [2.24, 2.45) is 0 Å². The summed E-state index contributed by atoms with van der Waals surface area (Å²) >= 11 is 0. The third-order valence-electron chi connectivity index (χ3n) is 4.51. The number of amides is 1. The first-order valence-corrected chi connectivity index (χ1v) is 7.20. The molecule has 19 heavy (non-hydrogen) atoms. The molecule has 2 rings (SSSR count). The molecule has 1 saturated carbocycles. The molecule has 0 aromatic rings. The normalized spacial score (nSPS) is 26.7. The molecule has 5 heteroatoms. The average Bonchev–Trinajstić information content (AvgIpc) is 2.47. The van der Waals surface area contributed by atoms with E-state index in [1.54, 1.807) is 7.05 Å². The van der Waals surface area contributed by atoms with Crippen LogP contribution in [0.2, 0.25) is 0 Å². The van der Waals surface area contributed by atoms with E-state index in [0.29, 0.717) is 25.9 Å². The average molecular weight is 269 g/mol. The molecule has 0 aromatic carbocycles. The fourth-order valence-corrected chi connectivity index (χ4v) is 3.19. The van der Waals surface area contributed by atoms with Crippen molar-refractivity contribution in [1.82, 2.24) is 4.90 Å². The zero-order valence-corrected chi connectivity index (χ0v) is 11.6. The Morgan fingerprint density at radius 1 is 1.16 bits per heavy atom. The van der Waals surface area contributed by atoms with E-state index in [9.17, 15) is 14.7 Å². The lowest BCUT2D eigenvalue weighted by Crippen LogP contribution is -2.58. The van der Waals surface area contributed by atoms with Gasteiger partial charge in [-0.1, -0.05) is 19.3 Å². The summed E-state index contributed by atoms with van der Waals surface area (Å²) in [6.45, 7) is 0.602. The second-order valence-electron chi connectivity index (χ2n) is 5.65. The van der Waals surface area contributed by atoms with Gasteiger partial charge in [0.25, 0.3) is 5.91 Å². The van der Waals surface area contributed by atoms with Crippen LogP contribution in [0.1, 0.15) is 51.4 Å². The monoisotopic (exact) mass is 269 g/mol. The van der Waals surface area contributed by atoms with Gasteiger partial charge in [0.2, 0.25) is 0 Å². The number of carboxylic acids is 1. The van der Waals surface area contributed by atoms with E-state index >= 15 is 0 Å². The topological polar surface area (TPSA) is 66.8 Å². The predicted molar refractivity (Wildman–Crippen MR) is 69.8 cm³/mol. The van der Waals surface area contributed by atoms with Gasteiger partial charge in [-0.15, -0.1) is 0 Å². The molecule has 1 aliphatic heterocycles. The van der Waals surface area contributed by atoms with Crippen LogP contribution in [0.4, 0.5) is 0 Å². The summed E-state index contributed by atoms with van der Waals surface area (Å²) < 4.78 is 5.49. The minimum atomic E-state index is -1.02. The summed E-state index contributed by atoms with van der Waals surface area (Å²) in [6.07, 6.45) is 6.12. The standard InChI is InChI=1S/C14H23NO4/c1-15(12(16)11-7-3-6-10-19-11)14(13(17)18)8-4-2-5-9-14/h11H,2-10H2,1H3,(H,17,18). The lowest BCUT2D eigenvalue weighted by molar-refractivity contribution is -0.166. The molecule has 1 aliphatic carbocycles. The van der Waals surface area contributed by atoms with E-state index in [2.05, 4.69) is 0 Å². The van der Waals surface area contributed by atoms with Crippen molar-refractivity contribution in [1.29, 1.82) is 0 Å². The SMILES string of the molecule is CN(C(=O)C1CCCCO1)C1(C(=O)O)CCCCC1. The zero-order valence-electron chi connectivity index (χ0n) is 11.6. The first kappa shape index (κ1) is 14.3. The van der Waals surface area contributed by atoms with Crippen molar-refractivity contribution in [2.75, 3.05) is 13.7 Å². The Hall–Kier alpha value is -1.10. The maximum Gasteiger partial charge on any atom is 0.329 e. The lowest BCUT2D eigenvalue weighted by Gasteiger charge is -2.42. The minimum absolute atomic E-state index is 0.163. The fraction of sp³-hybridized carbons (Fsp3) is 0.857. The van der Waals surface area contributed by atoms with Crippen molar-refractivity contribution in [2.45, 2.75) is 63.0 Å². The number of carbonyl (C=O) groups is 2. The van der Waals surface area contributed by atoms with Gasteiger partial charge in [-0.2, -0.15) is 0 Å². The second kappa shape index (κ2) is 5.90. The molecule has 2 fully saturated rings. The Labute approximate surface area is 113 Å². The molecule has 1 N–H and O–H groups in total. The quantitative estimate of drug-likeness (QED) is 0.848. The summed E-state index contributed by atoms with van der Waals surface area (Å²) in [7, 11) is 1.62. The number of carbonyl (C=O) groups excluding carboxylic acids is 1. The van der Waals surface area contributed by atoms with Crippen LogP contribution in [0.25, 0.3) is 0 Å². The largest absolute Gasteiger partial charge is 0.479 e. The van der Waals surface area contributed by atoms with Crippen molar-refractivity contribution < 1.29 is 19.4 Å². The Morgan fingerprint density at radius 3 is 2.37 bits per heavy atom. The van der Waals surface area contributed by atoms with Crippen LogP contribution < -0.4 is 0 Å². The summed E-state index contributed by atoms with van der Waals surface area (Å²) in [5.74, 6) is -1.04. The van der Waals surface area contributed by atoms with Gasteiger partial charge in [0, 0.05) is 13.7 Å². The first-order valence-electron chi connectivity index (χ1n) is 7.20. The molecule has 2 aliphatic rings. The molecule has 0 spiro atoms. The molecular formula is C14H23NO4. The molecular weight excluding hydrogens is 246 g/mol. The third-order valence-corrected chi connectivity index (χ3v) is 4.51. The van der Waals surface area contributed by atoms with Crippen molar-refractivity contribution >= 4 is 11.9 Å². The van der Waals surface area contributed by atoms with E-state index in [4.69, 9.17) is 4.74 Å². The molecule has 0 aromatic heterocycles. The molecule has 5 nitrogen and oxygen atoms in total. The van der Waals surface area contributed by atoms with Gasteiger partial charge in [0.05, 0.1) is 0 Å². The number of hydrogen-bond acceptors (Lipinski definition) is 3. The number of nitrogens with zero attached hydrogens (tertiary/aromatic N) is 1. The molecule has 108 valence electrons. The van der Waals surface area contributed by atoms with Crippen LogP contribution in [-0.2, 0) is 14.3 Å². The van der Waals surface area contributed by atoms with Crippen LogP contribution in [0.15, 0.2) is 0 Å². The van der Waals surface area contributed by atoms with Crippen LogP contribution in [-0.4, -0.2) is 47.2 Å². The number of hydrogen-bond donors (Lipinski definition) is 1. The predicted octanol–water partition coefficient (Wildman–Crippen LogP) is 1.80. The van der Waals surface area contributed by atoms with Crippen molar-refractivity contribution in [3.8, 4) is 0 Å². The highest BCUT2D eigenvalue weighted by Crippen LogP contribution is 2.34. The lowest BCUT2D eigenvalue weighted by atomic mass is 9.80. The highest BCUT2D eigenvalue weighted by Gasteiger charge is 2.46. The van der Waals surface area contributed by atoms with Crippen molar-refractivity contribution in [3.05, 3.63) is 0 Å². The number of carboxylic acid groups (broad SMARTS) is 1. The van der Waals surface area contributed by atoms with Gasteiger partial charge in [-0.25, -0.2) is 4.79 Å². The fourth-order valence-electron chi connectivity index (χ4n) is 3.19. The maximum absolute atomic E-state index is 12.4. The van der Waals surface area contributed by atoms with E-state index in [-0.39, 0.29) is 5.91 Å².